The summed E-state index contributed by atoms with van der Waals surface area (Å²) in [6.07, 6.45) is 8.31. The highest BCUT2D eigenvalue weighted by Crippen LogP contribution is 2.34. The molecule has 0 radical (unpaired) electrons. The minimum Gasteiger partial charge on any atom is -0.369 e. The van der Waals surface area contributed by atoms with Crippen LogP contribution in [0.15, 0.2) is 24.5 Å². The van der Waals surface area contributed by atoms with E-state index in [1.54, 1.807) is 12.3 Å². The number of fused-ring (bicyclic) bond motifs is 1. The van der Waals surface area contributed by atoms with Gasteiger partial charge in [0, 0.05) is 65.1 Å². The number of halogens is 1. The summed E-state index contributed by atoms with van der Waals surface area (Å²) in [6.45, 7) is 9.35. The number of imidazole rings is 1. The van der Waals surface area contributed by atoms with Crippen LogP contribution in [0, 0.1) is 20.8 Å². The van der Waals surface area contributed by atoms with E-state index >= 15 is 0 Å². The van der Waals surface area contributed by atoms with Gasteiger partial charge in [0.05, 0.1) is 0 Å². The van der Waals surface area contributed by atoms with Crippen LogP contribution in [0.25, 0.3) is 5.65 Å². The number of rotatable bonds is 7. The van der Waals surface area contributed by atoms with E-state index in [1.807, 2.05) is 37.4 Å². The fraction of sp³-hybridized carbons (Fsp3) is 0.519. The minimum atomic E-state index is -0.136. The Morgan fingerprint density at radius 1 is 1.14 bits per heavy atom. The minimum absolute atomic E-state index is 0.136. The zero-order valence-electron chi connectivity index (χ0n) is 21.7. The third-order valence-electron chi connectivity index (χ3n) is 7.53. The van der Waals surface area contributed by atoms with Gasteiger partial charge in [0.25, 0.3) is 5.91 Å². The highest BCUT2D eigenvalue weighted by atomic mass is 35.5. The number of anilines is 1. The van der Waals surface area contributed by atoms with Crippen LogP contribution in [-0.2, 0) is 6.54 Å². The molecule has 7 nitrogen and oxygen atoms in total. The van der Waals surface area contributed by atoms with Gasteiger partial charge in [-0.1, -0.05) is 11.6 Å². The lowest BCUT2D eigenvalue weighted by molar-refractivity contribution is 0.0950. The van der Waals surface area contributed by atoms with Gasteiger partial charge in [0.2, 0.25) is 0 Å². The first kappa shape index (κ1) is 25.5. The summed E-state index contributed by atoms with van der Waals surface area (Å²) in [6, 6.07) is 4.89. The molecule has 0 unspecified atom stereocenters. The molecule has 188 valence electrons. The Bertz CT molecular complexity index is 1210. The topological polar surface area (TPSA) is 65.8 Å². The van der Waals surface area contributed by atoms with Crippen LogP contribution in [0.2, 0.25) is 5.02 Å². The smallest absolute Gasteiger partial charge is 0.251 e. The predicted molar refractivity (Wildman–Crippen MR) is 143 cm³/mol. The van der Waals surface area contributed by atoms with Crippen molar-refractivity contribution in [2.45, 2.75) is 72.0 Å². The monoisotopic (exact) mass is 496 g/mol. The molecule has 1 aliphatic carbocycles. The molecule has 2 aromatic heterocycles. The molecule has 1 aromatic carbocycles. The van der Waals surface area contributed by atoms with Crippen molar-refractivity contribution in [1.82, 2.24) is 24.6 Å². The van der Waals surface area contributed by atoms with E-state index in [1.165, 1.54) is 12.8 Å². The average molecular weight is 497 g/mol. The summed E-state index contributed by atoms with van der Waals surface area (Å²) in [7, 11) is 4.33. The van der Waals surface area contributed by atoms with Gasteiger partial charge in [-0.2, -0.15) is 0 Å². The van der Waals surface area contributed by atoms with Gasteiger partial charge in [-0.15, -0.1) is 0 Å². The maximum atomic E-state index is 13.4. The van der Waals surface area contributed by atoms with E-state index in [9.17, 15) is 4.79 Å². The van der Waals surface area contributed by atoms with Gasteiger partial charge in [0.15, 0.2) is 0 Å². The van der Waals surface area contributed by atoms with E-state index < -0.39 is 0 Å². The number of hydrogen-bond acceptors (Lipinski definition) is 5. The third kappa shape index (κ3) is 5.16. The van der Waals surface area contributed by atoms with Crippen LogP contribution in [0.1, 0.15) is 65.6 Å². The number of aryl methyl sites for hydroxylation is 2. The molecule has 1 N–H and O–H groups in total. The Balaban J connectivity index is 1.56. The molecule has 1 amide bonds. The van der Waals surface area contributed by atoms with E-state index in [4.69, 9.17) is 11.6 Å². The number of carbonyl (C=O) groups excluding carboxylic acids is 1. The second-order valence-electron chi connectivity index (χ2n) is 9.84. The molecule has 1 saturated carbocycles. The summed E-state index contributed by atoms with van der Waals surface area (Å²) >= 11 is 6.56. The maximum Gasteiger partial charge on any atom is 0.251 e. The van der Waals surface area contributed by atoms with Crippen LogP contribution in [0.5, 0.6) is 0 Å². The van der Waals surface area contributed by atoms with Gasteiger partial charge >= 0.3 is 0 Å². The number of hydrogen-bond donors (Lipinski definition) is 1. The van der Waals surface area contributed by atoms with Crippen LogP contribution in [-0.4, -0.2) is 57.9 Å². The number of nitrogens with zero attached hydrogens (tertiary/aromatic N) is 5. The number of carbonyl (C=O) groups is 1. The Morgan fingerprint density at radius 3 is 2.49 bits per heavy atom. The van der Waals surface area contributed by atoms with Gasteiger partial charge in [0.1, 0.15) is 11.5 Å². The molecular formula is C27H37ClN6O. The second kappa shape index (κ2) is 10.5. The van der Waals surface area contributed by atoms with Gasteiger partial charge in [-0.05, 0) is 85.2 Å². The number of amides is 1. The molecule has 0 bridgehead atoms. The van der Waals surface area contributed by atoms with Crippen molar-refractivity contribution in [3.63, 3.8) is 0 Å². The molecule has 1 fully saturated rings. The molecule has 4 rings (SSSR count). The summed E-state index contributed by atoms with van der Waals surface area (Å²) in [5, 5.41) is 3.68. The number of nitrogens with one attached hydrogen (secondary N) is 1. The van der Waals surface area contributed by atoms with E-state index in [0.717, 1.165) is 53.4 Å². The first-order chi connectivity index (χ1) is 16.7. The molecule has 2 heterocycles. The lowest BCUT2D eigenvalue weighted by atomic mass is 9.89. The quantitative estimate of drug-likeness (QED) is 0.502. The average Bonchev–Trinajstić information content (AvgIpc) is 3.32. The highest BCUT2D eigenvalue weighted by molar-refractivity contribution is 6.31. The third-order valence-corrected chi connectivity index (χ3v) is 7.75. The summed E-state index contributed by atoms with van der Waals surface area (Å²) in [5.74, 6) is 0.739. The first-order valence-corrected chi connectivity index (χ1v) is 12.9. The van der Waals surface area contributed by atoms with Crippen LogP contribution >= 0.6 is 11.6 Å². The van der Waals surface area contributed by atoms with Crippen molar-refractivity contribution >= 4 is 28.8 Å². The summed E-state index contributed by atoms with van der Waals surface area (Å²) in [4.78, 5) is 27.2. The van der Waals surface area contributed by atoms with Gasteiger partial charge in [-0.3, -0.25) is 9.20 Å². The lowest BCUT2D eigenvalue weighted by Crippen LogP contribution is -2.42. The van der Waals surface area contributed by atoms with Crippen LogP contribution in [0.4, 0.5) is 5.69 Å². The van der Waals surface area contributed by atoms with Gasteiger partial charge in [-0.25, -0.2) is 9.97 Å². The summed E-state index contributed by atoms with van der Waals surface area (Å²) in [5.41, 5.74) is 5.25. The molecule has 8 heteroatoms. The Morgan fingerprint density at radius 2 is 1.83 bits per heavy atom. The van der Waals surface area contributed by atoms with E-state index in [-0.39, 0.29) is 5.91 Å². The highest BCUT2D eigenvalue weighted by Gasteiger charge is 2.28. The van der Waals surface area contributed by atoms with Gasteiger partial charge < -0.3 is 15.1 Å². The zero-order chi connectivity index (χ0) is 25.3. The van der Waals surface area contributed by atoms with E-state index in [0.29, 0.717) is 29.2 Å². The SMILES string of the molecule is CCN(c1cc(Cl)cc(C(=O)NCc2c(C)nc(C)n3ccnc23)c1C)[C@H]1CC[C@H](N(C)C)CC1. The fourth-order valence-corrected chi connectivity index (χ4v) is 5.71. The van der Waals surface area contributed by atoms with E-state index in [2.05, 4.69) is 46.1 Å². The summed E-state index contributed by atoms with van der Waals surface area (Å²) < 4.78 is 1.95. The van der Waals surface area contributed by atoms with Crippen LogP contribution in [0.3, 0.4) is 0 Å². The van der Waals surface area contributed by atoms with Crippen molar-refractivity contribution in [3.05, 3.63) is 57.8 Å². The molecular weight excluding hydrogens is 460 g/mol. The maximum absolute atomic E-state index is 13.4. The van der Waals surface area contributed by atoms with Crippen molar-refractivity contribution in [1.29, 1.82) is 0 Å². The number of aromatic nitrogens is 3. The van der Waals surface area contributed by atoms with Crippen molar-refractivity contribution < 1.29 is 4.79 Å². The molecule has 35 heavy (non-hydrogen) atoms. The van der Waals surface area contributed by atoms with Crippen molar-refractivity contribution in [3.8, 4) is 0 Å². The predicted octanol–water partition coefficient (Wildman–Crippen LogP) is 4.94. The first-order valence-electron chi connectivity index (χ1n) is 12.5. The number of benzene rings is 1. The molecule has 0 atom stereocenters. The lowest BCUT2D eigenvalue weighted by Gasteiger charge is -2.40. The largest absolute Gasteiger partial charge is 0.369 e. The Hall–Kier alpha value is -2.64. The molecule has 0 saturated heterocycles. The molecule has 0 aliphatic heterocycles. The molecule has 3 aromatic rings. The second-order valence-corrected chi connectivity index (χ2v) is 10.3. The van der Waals surface area contributed by atoms with Crippen molar-refractivity contribution in [2.75, 3.05) is 25.5 Å². The normalized spacial score (nSPS) is 18.3. The molecule has 0 spiro atoms. The standard InChI is InChI=1S/C27H37ClN6O/c1-7-33(22-10-8-21(9-11-22)32(5)6)25-15-20(28)14-23(17(25)2)27(35)30-16-24-18(3)31-19(4)34-13-12-29-26(24)34/h12-15,21-22H,7-11,16H2,1-6H3,(H,30,35)/t21-,22-. The zero-order valence-corrected chi connectivity index (χ0v) is 22.5. The Kier molecular flexibility index (Phi) is 7.67. The van der Waals surface area contributed by atoms with Crippen LogP contribution < -0.4 is 10.2 Å². The molecule has 1 aliphatic rings. The fourth-order valence-electron chi connectivity index (χ4n) is 5.49. The Labute approximate surface area is 213 Å². The van der Waals surface area contributed by atoms with Crippen molar-refractivity contribution in [2.24, 2.45) is 0 Å².